The van der Waals surface area contributed by atoms with Gasteiger partial charge in [0.15, 0.2) is 0 Å². The van der Waals surface area contributed by atoms with Crippen molar-refractivity contribution in [2.24, 2.45) is 0 Å². The van der Waals surface area contributed by atoms with Crippen LogP contribution < -0.4 is 4.74 Å². The van der Waals surface area contributed by atoms with Gasteiger partial charge in [-0.15, -0.1) is 0 Å². The van der Waals surface area contributed by atoms with Crippen molar-refractivity contribution in [2.75, 3.05) is 13.2 Å². The minimum atomic E-state index is 0.0667. The Morgan fingerprint density at radius 1 is 1.23 bits per heavy atom. The second-order valence-electron chi connectivity index (χ2n) is 2.78. The normalized spacial score (nSPS) is 10.6. The van der Waals surface area contributed by atoms with Gasteiger partial charge >= 0.3 is 0 Å². The zero-order valence-electron chi connectivity index (χ0n) is 7.73. The van der Waals surface area contributed by atoms with Gasteiger partial charge in [-0.1, -0.05) is 23.8 Å². The van der Waals surface area contributed by atoms with Crippen molar-refractivity contribution in [3.63, 3.8) is 0 Å². The van der Waals surface area contributed by atoms with E-state index in [-0.39, 0.29) is 6.61 Å². The van der Waals surface area contributed by atoms with Crippen LogP contribution in [0, 0.1) is 6.92 Å². The van der Waals surface area contributed by atoms with Crippen molar-refractivity contribution in [1.29, 1.82) is 0 Å². The van der Waals surface area contributed by atoms with Crippen LogP contribution in [0.1, 0.15) is 5.56 Å². The van der Waals surface area contributed by atoms with Crippen LogP contribution >= 0.6 is 0 Å². The zero-order chi connectivity index (χ0) is 9.52. The van der Waals surface area contributed by atoms with Gasteiger partial charge in [0.1, 0.15) is 12.4 Å². The van der Waals surface area contributed by atoms with Crippen LogP contribution in [0.5, 0.6) is 5.75 Å². The molecule has 0 saturated carbocycles. The summed E-state index contributed by atoms with van der Waals surface area (Å²) in [6, 6.07) is 7.88. The summed E-state index contributed by atoms with van der Waals surface area (Å²) in [6.07, 6.45) is 3.45. The molecule has 0 heterocycles. The van der Waals surface area contributed by atoms with E-state index in [1.54, 1.807) is 12.2 Å². The fourth-order valence-electron chi connectivity index (χ4n) is 0.921. The molecule has 1 aromatic rings. The van der Waals surface area contributed by atoms with Crippen molar-refractivity contribution < 1.29 is 9.84 Å². The Morgan fingerprint density at radius 2 is 1.92 bits per heavy atom. The predicted molar refractivity (Wildman–Crippen MR) is 52.9 cm³/mol. The Morgan fingerprint density at radius 3 is 2.54 bits per heavy atom. The van der Waals surface area contributed by atoms with E-state index >= 15 is 0 Å². The monoisotopic (exact) mass is 178 g/mol. The molecule has 1 N–H and O–H groups in total. The van der Waals surface area contributed by atoms with E-state index in [0.29, 0.717) is 6.61 Å². The van der Waals surface area contributed by atoms with Gasteiger partial charge in [0.25, 0.3) is 0 Å². The molecule has 0 radical (unpaired) electrons. The number of aryl methyl sites for hydroxylation is 1. The molecule has 13 heavy (non-hydrogen) atoms. The molecule has 2 nitrogen and oxygen atoms in total. The van der Waals surface area contributed by atoms with Gasteiger partial charge in [-0.25, -0.2) is 0 Å². The van der Waals surface area contributed by atoms with E-state index in [1.165, 1.54) is 5.56 Å². The Balaban J connectivity index is 2.37. The first-order valence-electron chi connectivity index (χ1n) is 4.28. The molecule has 1 aromatic carbocycles. The quantitative estimate of drug-likeness (QED) is 0.714. The van der Waals surface area contributed by atoms with Crippen molar-refractivity contribution in [2.45, 2.75) is 6.92 Å². The molecule has 0 unspecified atom stereocenters. The minimum Gasteiger partial charge on any atom is -0.490 e. The molecule has 0 aliphatic rings. The number of benzene rings is 1. The standard InChI is InChI=1S/C11H14O2/c1-10-4-6-11(7-5-10)13-9-3-2-8-12/h2-7,12H,8-9H2,1H3. The molecule has 0 bridgehead atoms. The van der Waals surface area contributed by atoms with Crippen LogP contribution in [0.25, 0.3) is 0 Å². The van der Waals surface area contributed by atoms with Crippen molar-refractivity contribution in [3.05, 3.63) is 42.0 Å². The molecule has 0 aromatic heterocycles. The fourth-order valence-corrected chi connectivity index (χ4v) is 0.921. The fraction of sp³-hybridized carbons (Fsp3) is 0.273. The Labute approximate surface area is 78.5 Å². The third-order valence-electron chi connectivity index (χ3n) is 1.64. The molecule has 0 aliphatic heterocycles. The van der Waals surface area contributed by atoms with Crippen molar-refractivity contribution >= 4 is 0 Å². The number of aliphatic hydroxyl groups is 1. The Hall–Kier alpha value is -1.28. The number of aliphatic hydroxyl groups excluding tert-OH is 1. The third kappa shape index (κ3) is 3.76. The number of hydrogen-bond acceptors (Lipinski definition) is 2. The van der Waals surface area contributed by atoms with Gasteiger partial charge < -0.3 is 9.84 Å². The summed E-state index contributed by atoms with van der Waals surface area (Å²) in [5.74, 6) is 0.855. The number of hydrogen-bond donors (Lipinski definition) is 1. The lowest BCUT2D eigenvalue weighted by Crippen LogP contribution is -1.93. The maximum atomic E-state index is 8.46. The summed E-state index contributed by atoms with van der Waals surface area (Å²) in [5.41, 5.74) is 1.22. The van der Waals surface area contributed by atoms with Crippen LogP contribution in [0.4, 0.5) is 0 Å². The van der Waals surface area contributed by atoms with Gasteiger partial charge in [-0.05, 0) is 25.1 Å². The first kappa shape index (κ1) is 9.81. The lowest BCUT2D eigenvalue weighted by atomic mass is 10.2. The van der Waals surface area contributed by atoms with Crippen molar-refractivity contribution in [3.8, 4) is 5.75 Å². The van der Waals surface area contributed by atoms with Crippen LogP contribution in [0.2, 0.25) is 0 Å². The van der Waals surface area contributed by atoms with Gasteiger partial charge in [-0.2, -0.15) is 0 Å². The van der Waals surface area contributed by atoms with E-state index in [4.69, 9.17) is 9.84 Å². The summed E-state index contributed by atoms with van der Waals surface area (Å²) < 4.78 is 5.37. The highest BCUT2D eigenvalue weighted by Gasteiger charge is 1.89. The molecule has 0 saturated heterocycles. The van der Waals surface area contributed by atoms with Gasteiger partial charge in [0, 0.05) is 0 Å². The van der Waals surface area contributed by atoms with Gasteiger partial charge in [0.05, 0.1) is 6.61 Å². The molecule has 2 heteroatoms. The lowest BCUT2D eigenvalue weighted by molar-refractivity contribution is 0.336. The molecular formula is C11H14O2. The average Bonchev–Trinajstić information content (AvgIpc) is 2.15. The van der Waals surface area contributed by atoms with E-state index < -0.39 is 0 Å². The predicted octanol–water partition coefficient (Wildman–Crippen LogP) is 1.92. The van der Waals surface area contributed by atoms with E-state index in [0.717, 1.165) is 5.75 Å². The summed E-state index contributed by atoms with van der Waals surface area (Å²) >= 11 is 0. The number of rotatable bonds is 4. The lowest BCUT2D eigenvalue weighted by Gasteiger charge is -2.02. The molecule has 0 fully saturated rings. The summed E-state index contributed by atoms with van der Waals surface area (Å²) in [4.78, 5) is 0. The molecule has 70 valence electrons. The summed E-state index contributed by atoms with van der Waals surface area (Å²) in [7, 11) is 0. The summed E-state index contributed by atoms with van der Waals surface area (Å²) in [6.45, 7) is 2.61. The highest BCUT2D eigenvalue weighted by atomic mass is 16.5. The van der Waals surface area contributed by atoms with E-state index in [2.05, 4.69) is 0 Å². The summed E-state index contributed by atoms with van der Waals surface area (Å²) in [5, 5.41) is 8.46. The topological polar surface area (TPSA) is 29.5 Å². The second kappa shape index (κ2) is 5.38. The maximum absolute atomic E-state index is 8.46. The maximum Gasteiger partial charge on any atom is 0.119 e. The van der Waals surface area contributed by atoms with Crippen LogP contribution in [0.15, 0.2) is 36.4 Å². The largest absolute Gasteiger partial charge is 0.490 e. The van der Waals surface area contributed by atoms with Crippen LogP contribution in [-0.4, -0.2) is 18.3 Å². The highest BCUT2D eigenvalue weighted by Crippen LogP contribution is 2.10. The second-order valence-corrected chi connectivity index (χ2v) is 2.78. The molecule has 0 spiro atoms. The highest BCUT2D eigenvalue weighted by molar-refractivity contribution is 5.26. The molecular weight excluding hydrogens is 164 g/mol. The molecule has 0 atom stereocenters. The third-order valence-corrected chi connectivity index (χ3v) is 1.64. The molecule has 0 aliphatic carbocycles. The van der Waals surface area contributed by atoms with Crippen LogP contribution in [-0.2, 0) is 0 Å². The first-order valence-corrected chi connectivity index (χ1v) is 4.28. The average molecular weight is 178 g/mol. The minimum absolute atomic E-state index is 0.0667. The Bertz CT molecular complexity index is 262. The van der Waals surface area contributed by atoms with Crippen molar-refractivity contribution in [1.82, 2.24) is 0 Å². The molecule has 1 rings (SSSR count). The van der Waals surface area contributed by atoms with Gasteiger partial charge in [0.2, 0.25) is 0 Å². The first-order chi connectivity index (χ1) is 6.33. The van der Waals surface area contributed by atoms with E-state index in [1.807, 2.05) is 31.2 Å². The number of ether oxygens (including phenoxy) is 1. The van der Waals surface area contributed by atoms with Gasteiger partial charge in [-0.3, -0.25) is 0 Å². The van der Waals surface area contributed by atoms with Crippen LogP contribution in [0.3, 0.4) is 0 Å². The SMILES string of the molecule is Cc1ccc(OCC=CCO)cc1. The smallest absolute Gasteiger partial charge is 0.119 e. The van der Waals surface area contributed by atoms with E-state index in [9.17, 15) is 0 Å². The Kier molecular flexibility index (Phi) is 4.06. The zero-order valence-corrected chi connectivity index (χ0v) is 7.73. The molecule has 0 amide bonds.